The van der Waals surface area contributed by atoms with E-state index in [1.165, 1.54) is 4.31 Å². The molecule has 1 atom stereocenters. The standard InChI is InChI=1S/C25H32N4O3S/c1-3-29(4-2)33(31,32)21-14-11-19(12-15-21)13-16-24(30)28-17-7-8-20(18-28)25-26-22-9-5-6-10-23(22)27-25/h5-6,9-12,14-15,20H,3-4,7-8,13,16-18H2,1-2H3,(H,26,27). The molecular weight excluding hydrogens is 436 g/mol. The predicted octanol–water partition coefficient (Wildman–Crippen LogP) is 3.93. The number of carbonyl (C=O) groups excluding carboxylic acids is 1. The number of aromatic nitrogens is 2. The van der Waals surface area contributed by atoms with Gasteiger partial charge in [-0.3, -0.25) is 4.79 Å². The molecule has 2 heterocycles. The molecule has 1 fully saturated rings. The maximum atomic E-state index is 12.9. The third-order valence-corrected chi connectivity index (χ3v) is 8.53. The van der Waals surface area contributed by atoms with Gasteiger partial charge in [0.05, 0.1) is 15.9 Å². The number of amides is 1. The summed E-state index contributed by atoms with van der Waals surface area (Å²) in [7, 11) is -3.46. The number of imidazole rings is 1. The molecule has 1 aromatic heterocycles. The molecule has 7 nitrogen and oxygen atoms in total. The van der Waals surface area contributed by atoms with Gasteiger partial charge < -0.3 is 9.88 Å². The highest BCUT2D eigenvalue weighted by molar-refractivity contribution is 7.89. The molecular formula is C25H32N4O3S. The van der Waals surface area contributed by atoms with Crippen LogP contribution in [0.3, 0.4) is 0 Å². The van der Waals surface area contributed by atoms with Crippen LogP contribution in [-0.2, 0) is 21.2 Å². The van der Waals surface area contributed by atoms with Crippen LogP contribution >= 0.6 is 0 Å². The Morgan fingerprint density at radius 1 is 1.12 bits per heavy atom. The van der Waals surface area contributed by atoms with Gasteiger partial charge in [0.2, 0.25) is 15.9 Å². The third-order valence-electron chi connectivity index (χ3n) is 6.46. The first-order valence-electron chi connectivity index (χ1n) is 11.7. The summed E-state index contributed by atoms with van der Waals surface area (Å²) >= 11 is 0. The van der Waals surface area contributed by atoms with E-state index < -0.39 is 10.0 Å². The number of sulfonamides is 1. The highest BCUT2D eigenvalue weighted by Gasteiger charge is 2.27. The van der Waals surface area contributed by atoms with Crippen molar-refractivity contribution in [3.05, 3.63) is 59.9 Å². The second-order valence-electron chi connectivity index (χ2n) is 8.55. The number of H-pyrrole nitrogens is 1. The highest BCUT2D eigenvalue weighted by atomic mass is 32.2. The van der Waals surface area contributed by atoms with E-state index >= 15 is 0 Å². The molecule has 4 rings (SSSR count). The molecule has 0 saturated carbocycles. The van der Waals surface area contributed by atoms with Crippen molar-refractivity contribution in [2.75, 3.05) is 26.2 Å². The summed E-state index contributed by atoms with van der Waals surface area (Å²) in [4.78, 5) is 23.3. The van der Waals surface area contributed by atoms with Crippen LogP contribution in [0.15, 0.2) is 53.4 Å². The van der Waals surface area contributed by atoms with Crippen molar-refractivity contribution in [3.63, 3.8) is 0 Å². The molecule has 3 aromatic rings. The van der Waals surface area contributed by atoms with Crippen molar-refractivity contribution in [2.45, 2.75) is 50.3 Å². The second-order valence-corrected chi connectivity index (χ2v) is 10.5. The van der Waals surface area contributed by atoms with E-state index in [4.69, 9.17) is 4.98 Å². The number of carbonyl (C=O) groups is 1. The van der Waals surface area contributed by atoms with Crippen LogP contribution in [0.4, 0.5) is 0 Å². The van der Waals surface area contributed by atoms with E-state index in [9.17, 15) is 13.2 Å². The summed E-state index contributed by atoms with van der Waals surface area (Å²) in [5.41, 5.74) is 2.96. The van der Waals surface area contributed by atoms with E-state index in [2.05, 4.69) is 4.98 Å². The smallest absolute Gasteiger partial charge is 0.243 e. The molecule has 0 radical (unpaired) electrons. The zero-order valence-electron chi connectivity index (χ0n) is 19.3. The molecule has 1 N–H and O–H groups in total. The Balaban J connectivity index is 1.35. The molecule has 33 heavy (non-hydrogen) atoms. The average molecular weight is 469 g/mol. The van der Waals surface area contributed by atoms with Gasteiger partial charge in [-0.15, -0.1) is 0 Å². The minimum Gasteiger partial charge on any atom is -0.342 e. The van der Waals surface area contributed by atoms with Crippen LogP contribution in [0.2, 0.25) is 0 Å². The summed E-state index contributed by atoms with van der Waals surface area (Å²) < 4.78 is 26.7. The summed E-state index contributed by atoms with van der Waals surface area (Å²) in [5, 5.41) is 0. The quantitative estimate of drug-likeness (QED) is 0.543. The first kappa shape index (κ1) is 23.4. The summed E-state index contributed by atoms with van der Waals surface area (Å²) in [6.45, 7) is 6.01. The van der Waals surface area contributed by atoms with Crippen molar-refractivity contribution in [3.8, 4) is 0 Å². The van der Waals surface area contributed by atoms with Gasteiger partial charge in [0.25, 0.3) is 0 Å². The first-order chi connectivity index (χ1) is 15.9. The summed E-state index contributed by atoms with van der Waals surface area (Å²) in [5.74, 6) is 1.31. The molecule has 0 bridgehead atoms. The zero-order valence-corrected chi connectivity index (χ0v) is 20.1. The Hall–Kier alpha value is -2.71. The summed E-state index contributed by atoms with van der Waals surface area (Å²) in [6, 6.07) is 14.9. The van der Waals surface area contributed by atoms with Gasteiger partial charge in [-0.1, -0.05) is 38.1 Å². The number of rotatable bonds is 8. The average Bonchev–Trinajstić information content (AvgIpc) is 3.28. The number of para-hydroxylation sites is 2. The first-order valence-corrected chi connectivity index (χ1v) is 13.2. The molecule has 0 spiro atoms. The minimum atomic E-state index is -3.46. The number of nitrogens with one attached hydrogen (secondary N) is 1. The largest absolute Gasteiger partial charge is 0.342 e. The lowest BCUT2D eigenvalue weighted by Crippen LogP contribution is -2.39. The molecule has 1 saturated heterocycles. The Morgan fingerprint density at radius 3 is 2.55 bits per heavy atom. The number of likely N-dealkylation sites (tertiary alicyclic amines) is 1. The Morgan fingerprint density at radius 2 is 1.85 bits per heavy atom. The lowest BCUT2D eigenvalue weighted by molar-refractivity contribution is -0.132. The third kappa shape index (κ3) is 5.12. The monoisotopic (exact) mass is 468 g/mol. The van der Waals surface area contributed by atoms with E-state index in [1.807, 2.05) is 55.1 Å². The normalized spacial score (nSPS) is 17.1. The second kappa shape index (κ2) is 10.1. The van der Waals surface area contributed by atoms with Gasteiger partial charge in [-0.2, -0.15) is 4.31 Å². The van der Waals surface area contributed by atoms with E-state index in [0.29, 0.717) is 37.4 Å². The number of hydrogen-bond acceptors (Lipinski definition) is 4. The predicted molar refractivity (Wildman–Crippen MR) is 130 cm³/mol. The van der Waals surface area contributed by atoms with Crippen molar-refractivity contribution in [1.29, 1.82) is 0 Å². The molecule has 176 valence electrons. The fourth-order valence-corrected chi connectivity index (χ4v) is 6.00. The number of nitrogens with zero attached hydrogens (tertiary/aromatic N) is 3. The maximum Gasteiger partial charge on any atom is 0.243 e. The summed E-state index contributed by atoms with van der Waals surface area (Å²) in [6.07, 6.45) is 2.99. The van der Waals surface area contributed by atoms with Crippen molar-refractivity contribution >= 4 is 27.0 Å². The van der Waals surface area contributed by atoms with Gasteiger partial charge in [0, 0.05) is 38.5 Å². The molecule has 1 amide bonds. The topological polar surface area (TPSA) is 86.4 Å². The molecule has 0 aliphatic carbocycles. The number of piperidine rings is 1. The van der Waals surface area contributed by atoms with Gasteiger partial charge in [-0.25, -0.2) is 13.4 Å². The number of aryl methyl sites for hydroxylation is 1. The zero-order chi connectivity index (χ0) is 23.4. The van der Waals surface area contributed by atoms with Crippen molar-refractivity contribution in [1.82, 2.24) is 19.2 Å². The Kier molecular flexibility index (Phi) is 7.14. The van der Waals surface area contributed by atoms with E-state index in [-0.39, 0.29) is 11.8 Å². The minimum absolute atomic E-state index is 0.135. The van der Waals surface area contributed by atoms with Crippen LogP contribution in [0.25, 0.3) is 11.0 Å². The van der Waals surface area contributed by atoms with Gasteiger partial charge in [0.1, 0.15) is 5.82 Å². The SMILES string of the molecule is CCN(CC)S(=O)(=O)c1ccc(CCC(=O)N2CCCC(c3nc4ccccc4[nH]3)C2)cc1. The van der Waals surface area contributed by atoms with Gasteiger partial charge in [0.15, 0.2) is 0 Å². The molecule has 1 aliphatic rings. The number of aromatic amines is 1. The fourth-order valence-electron chi connectivity index (χ4n) is 4.54. The lowest BCUT2D eigenvalue weighted by atomic mass is 9.97. The van der Waals surface area contributed by atoms with Gasteiger partial charge >= 0.3 is 0 Å². The van der Waals surface area contributed by atoms with Gasteiger partial charge in [-0.05, 0) is 49.1 Å². The number of hydrogen-bond donors (Lipinski definition) is 1. The molecule has 1 unspecified atom stereocenters. The maximum absolute atomic E-state index is 12.9. The highest BCUT2D eigenvalue weighted by Crippen LogP contribution is 2.27. The van der Waals surface area contributed by atoms with E-state index in [1.54, 1.807) is 12.1 Å². The van der Waals surface area contributed by atoms with E-state index in [0.717, 1.165) is 41.8 Å². The molecule has 1 aliphatic heterocycles. The number of benzene rings is 2. The Bertz CT molecular complexity index is 1170. The van der Waals surface area contributed by atoms with Crippen LogP contribution in [0, 0.1) is 0 Å². The molecule has 8 heteroatoms. The Labute approximate surface area is 195 Å². The number of fused-ring (bicyclic) bond motifs is 1. The van der Waals surface area contributed by atoms with Crippen molar-refractivity contribution < 1.29 is 13.2 Å². The van der Waals surface area contributed by atoms with Crippen LogP contribution < -0.4 is 0 Å². The fraction of sp³-hybridized carbons (Fsp3) is 0.440. The van der Waals surface area contributed by atoms with Crippen molar-refractivity contribution in [2.24, 2.45) is 0 Å². The lowest BCUT2D eigenvalue weighted by Gasteiger charge is -2.32. The van der Waals surface area contributed by atoms with Crippen LogP contribution in [0.5, 0.6) is 0 Å². The van der Waals surface area contributed by atoms with Crippen LogP contribution in [-0.4, -0.2) is 59.7 Å². The van der Waals surface area contributed by atoms with Crippen LogP contribution in [0.1, 0.15) is 50.4 Å². The molecule has 2 aromatic carbocycles.